The van der Waals surface area contributed by atoms with E-state index in [1.165, 1.54) is 0 Å². The largest absolute Gasteiger partial charge is 0.431 e. The van der Waals surface area contributed by atoms with Crippen molar-refractivity contribution in [3.8, 4) is 0 Å². The first-order chi connectivity index (χ1) is 8.36. The Morgan fingerprint density at radius 1 is 1.44 bits per heavy atom. The van der Waals surface area contributed by atoms with Crippen LogP contribution in [0.2, 0.25) is 0 Å². The number of nitrogens with one attached hydrogen (secondary N) is 1. The van der Waals surface area contributed by atoms with Crippen LogP contribution < -0.4 is 17.0 Å². The molecule has 1 rings (SSSR count). The molecule has 0 aromatic carbocycles. The number of carbonyl (C=O) groups is 1. The van der Waals surface area contributed by atoms with Gasteiger partial charge in [0.1, 0.15) is 5.69 Å². The highest BCUT2D eigenvalue weighted by Crippen LogP contribution is 2.28. The second-order valence-corrected chi connectivity index (χ2v) is 3.24. The molecule has 1 heterocycles. The predicted molar refractivity (Wildman–Crippen MR) is 53.7 cm³/mol. The minimum absolute atomic E-state index is 0.419. The second kappa shape index (κ2) is 5.65. The fourth-order valence-electron chi connectivity index (χ4n) is 1.32. The third kappa shape index (κ3) is 3.57. The molecule has 0 amide bonds. The highest BCUT2D eigenvalue weighted by atomic mass is 19.4. The summed E-state index contributed by atoms with van der Waals surface area (Å²) in [5.74, 6) is 3.81. The zero-order chi connectivity index (χ0) is 13.8. The van der Waals surface area contributed by atoms with Crippen LogP contribution in [0.1, 0.15) is 12.1 Å². The number of pyridine rings is 1. The summed E-state index contributed by atoms with van der Waals surface area (Å²) in [6, 6.07) is 2.73. The van der Waals surface area contributed by atoms with Crippen molar-refractivity contribution >= 4 is 5.97 Å². The van der Waals surface area contributed by atoms with E-state index >= 15 is 0 Å². The molecule has 0 fully saturated rings. The van der Waals surface area contributed by atoms with Gasteiger partial charge in [-0.15, -0.1) is 0 Å². The number of alkyl halides is 3. The fourth-order valence-corrected chi connectivity index (χ4v) is 1.32. The maximum absolute atomic E-state index is 12.6. The van der Waals surface area contributed by atoms with Crippen molar-refractivity contribution in [1.82, 2.24) is 10.2 Å². The highest BCUT2D eigenvalue weighted by molar-refractivity contribution is 5.68. The van der Waals surface area contributed by atoms with Crippen molar-refractivity contribution in [3.63, 3.8) is 0 Å². The molecule has 0 saturated carbocycles. The molecule has 1 aromatic rings. The Labute approximate surface area is 99.1 Å². The molecule has 6 nitrogen and oxygen atoms in total. The molecule has 0 spiro atoms. The molecule has 0 atom stereocenters. The van der Waals surface area contributed by atoms with Crippen molar-refractivity contribution in [2.24, 2.45) is 5.84 Å². The smallest absolute Gasteiger partial charge is 0.356 e. The Bertz CT molecular complexity index is 484. The summed E-state index contributed by atoms with van der Waals surface area (Å²) >= 11 is 0. The van der Waals surface area contributed by atoms with E-state index in [0.29, 0.717) is 4.57 Å². The maximum atomic E-state index is 12.6. The molecule has 0 saturated heterocycles. The van der Waals surface area contributed by atoms with Gasteiger partial charge in [0.05, 0.1) is 6.42 Å². The van der Waals surface area contributed by atoms with E-state index in [-0.39, 0.29) is 0 Å². The van der Waals surface area contributed by atoms with E-state index in [1.54, 1.807) is 5.59 Å². The highest BCUT2D eigenvalue weighted by Gasteiger charge is 2.34. The first-order valence-electron chi connectivity index (χ1n) is 4.78. The van der Waals surface area contributed by atoms with E-state index in [9.17, 15) is 22.8 Å². The molecule has 0 radical (unpaired) electrons. The van der Waals surface area contributed by atoms with Gasteiger partial charge in [-0.25, -0.2) is 5.84 Å². The Balaban J connectivity index is 2.94. The molecule has 0 aliphatic rings. The minimum Gasteiger partial charge on any atom is -0.356 e. The SMILES string of the molecule is NNOC(=O)CCn1c(C(F)(F)F)cccc1=O. The molecule has 9 heteroatoms. The number of aromatic nitrogens is 1. The van der Waals surface area contributed by atoms with Gasteiger partial charge in [-0.2, -0.15) is 13.2 Å². The molecule has 18 heavy (non-hydrogen) atoms. The van der Waals surface area contributed by atoms with Gasteiger partial charge >= 0.3 is 12.1 Å². The molecule has 0 aliphatic carbocycles. The fraction of sp³-hybridized carbons (Fsp3) is 0.333. The van der Waals surface area contributed by atoms with Crippen LogP contribution in [0.3, 0.4) is 0 Å². The van der Waals surface area contributed by atoms with Gasteiger partial charge in [-0.3, -0.25) is 9.59 Å². The first-order valence-corrected chi connectivity index (χ1v) is 4.78. The lowest BCUT2D eigenvalue weighted by Gasteiger charge is -2.14. The Hall–Kier alpha value is -1.87. The second-order valence-electron chi connectivity index (χ2n) is 3.24. The van der Waals surface area contributed by atoms with E-state index in [4.69, 9.17) is 0 Å². The lowest BCUT2D eigenvalue weighted by molar-refractivity contribution is -0.153. The van der Waals surface area contributed by atoms with Gasteiger partial charge in [-0.05, 0) is 6.07 Å². The third-order valence-corrected chi connectivity index (χ3v) is 2.05. The summed E-state index contributed by atoms with van der Waals surface area (Å²) in [5, 5.41) is 0. The minimum atomic E-state index is -4.67. The number of halogens is 3. The van der Waals surface area contributed by atoms with Gasteiger partial charge in [0, 0.05) is 12.6 Å². The van der Waals surface area contributed by atoms with Gasteiger partial charge in [-0.1, -0.05) is 11.7 Å². The zero-order valence-electron chi connectivity index (χ0n) is 9.03. The van der Waals surface area contributed by atoms with Crippen molar-refractivity contribution < 1.29 is 22.8 Å². The van der Waals surface area contributed by atoms with Crippen molar-refractivity contribution in [3.05, 3.63) is 34.2 Å². The standard InChI is InChI=1S/C9H10F3N3O3/c10-9(11,12)6-2-1-3-7(16)15(6)5-4-8(17)18-14-13/h1-3,14H,4-5,13H2. The third-order valence-electron chi connectivity index (χ3n) is 2.05. The average molecular weight is 265 g/mol. The summed E-state index contributed by atoms with van der Waals surface area (Å²) in [6.07, 6.45) is -5.09. The van der Waals surface area contributed by atoms with E-state index in [1.807, 2.05) is 0 Å². The van der Waals surface area contributed by atoms with Crippen LogP contribution in [-0.4, -0.2) is 10.5 Å². The summed E-state index contributed by atoms with van der Waals surface area (Å²) in [4.78, 5) is 26.4. The summed E-state index contributed by atoms with van der Waals surface area (Å²) in [6.45, 7) is -0.449. The van der Waals surface area contributed by atoms with Gasteiger partial charge in [0.2, 0.25) is 0 Å². The molecular weight excluding hydrogens is 255 g/mol. The van der Waals surface area contributed by atoms with Crippen LogP contribution in [0, 0.1) is 0 Å². The molecule has 3 N–H and O–H groups in total. The van der Waals surface area contributed by atoms with Crippen LogP contribution in [0.4, 0.5) is 13.2 Å². The Kier molecular flexibility index (Phi) is 4.45. The number of nitrogens with zero attached hydrogens (tertiary/aromatic N) is 1. The molecular formula is C9H10F3N3O3. The van der Waals surface area contributed by atoms with Crippen LogP contribution >= 0.6 is 0 Å². The number of carbonyl (C=O) groups excluding carboxylic acids is 1. The predicted octanol–water partition coefficient (Wildman–Crippen LogP) is 0.179. The Morgan fingerprint density at radius 3 is 2.67 bits per heavy atom. The van der Waals surface area contributed by atoms with E-state index in [2.05, 4.69) is 10.7 Å². The maximum Gasteiger partial charge on any atom is 0.431 e. The van der Waals surface area contributed by atoms with E-state index < -0.39 is 36.4 Å². The summed E-state index contributed by atoms with van der Waals surface area (Å²) in [5.41, 5.74) is -0.366. The normalized spacial score (nSPS) is 11.3. The number of hydrogen-bond acceptors (Lipinski definition) is 5. The topological polar surface area (TPSA) is 86.3 Å². The van der Waals surface area contributed by atoms with Gasteiger partial charge in [0.15, 0.2) is 0 Å². The van der Waals surface area contributed by atoms with Gasteiger partial charge in [0.25, 0.3) is 5.56 Å². The molecule has 0 bridgehead atoms. The first kappa shape index (κ1) is 14.2. The summed E-state index contributed by atoms with van der Waals surface area (Å²) < 4.78 is 38.2. The van der Waals surface area contributed by atoms with Crippen molar-refractivity contribution in [2.45, 2.75) is 19.1 Å². The number of hydrazine groups is 1. The van der Waals surface area contributed by atoms with Crippen molar-refractivity contribution in [1.29, 1.82) is 0 Å². The number of rotatable bonds is 4. The quantitative estimate of drug-likeness (QED) is 0.599. The summed E-state index contributed by atoms with van der Waals surface area (Å²) in [7, 11) is 0. The van der Waals surface area contributed by atoms with Gasteiger partial charge < -0.3 is 9.40 Å². The van der Waals surface area contributed by atoms with E-state index in [0.717, 1.165) is 18.2 Å². The average Bonchev–Trinajstić information content (AvgIpc) is 2.26. The molecule has 1 aromatic heterocycles. The lowest BCUT2D eigenvalue weighted by Crippen LogP contribution is -2.30. The zero-order valence-corrected chi connectivity index (χ0v) is 9.03. The van der Waals surface area contributed by atoms with Crippen LogP contribution in [0.5, 0.6) is 0 Å². The van der Waals surface area contributed by atoms with Crippen LogP contribution in [0.15, 0.2) is 23.0 Å². The monoisotopic (exact) mass is 265 g/mol. The Morgan fingerprint density at radius 2 is 2.11 bits per heavy atom. The number of nitrogens with two attached hydrogens (primary N) is 1. The lowest BCUT2D eigenvalue weighted by atomic mass is 10.3. The molecule has 0 aliphatic heterocycles. The molecule has 100 valence electrons. The van der Waals surface area contributed by atoms with Crippen LogP contribution in [-0.2, 0) is 22.4 Å². The van der Waals surface area contributed by atoms with Crippen molar-refractivity contribution in [2.75, 3.05) is 0 Å². The molecule has 0 unspecified atom stereocenters. The van der Waals surface area contributed by atoms with Crippen LogP contribution in [0.25, 0.3) is 0 Å². The number of hydrogen-bond donors (Lipinski definition) is 2.